The number of anilines is 3. The molecule has 2 rings (SSSR count). The first-order valence-electron chi connectivity index (χ1n) is 5.33. The molecule has 0 spiro atoms. The summed E-state index contributed by atoms with van der Waals surface area (Å²) in [7, 11) is 0. The van der Waals surface area contributed by atoms with Gasteiger partial charge in [-0.15, -0.1) is 0 Å². The van der Waals surface area contributed by atoms with Crippen LogP contribution in [0.5, 0.6) is 0 Å². The maximum absolute atomic E-state index is 12.6. The van der Waals surface area contributed by atoms with Gasteiger partial charge in [-0.1, -0.05) is 17.7 Å². The van der Waals surface area contributed by atoms with Gasteiger partial charge < -0.3 is 11.1 Å². The molecule has 1 aromatic heterocycles. The molecular formula is C12H8BrClF3N3. The number of nitrogens with one attached hydrogen (secondary N) is 1. The maximum Gasteiger partial charge on any atom is 0.433 e. The topological polar surface area (TPSA) is 50.9 Å². The van der Waals surface area contributed by atoms with E-state index in [1.807, 2.05) is 0 Å². The SMILES string of the molecule is Nc1cnc(C(F)(F)F)cc1Nc1cccc(Cl)c1Br. The minimum atomic E-state index is -4.53. The first kappa shape index (κ1) is 14.9. The lowest BCUT2D eigenvalue weighted by Crippen LogP contribution is -2.09. The molecule has 3 nitrogen and oxygen atoms in total. The quantitative estimate of drug-likeness (QED) is 0.799. The number of nitrogens with two attached hydrogens (primary N) is 1. The first-order valence-corrected chi connectivity index (χ1v) is 6.50. The summed E-state index contributed by atoms with van der Waals surface area (Å²) in [6.45, 7) is 0. The second-order valence-electron chi connectivity index (χ2n) is 3.88. The van der Waals surface area contributed by atoms with Crippen molar-refractivity contribution in [3.05, 3.63) is 45.7 Å². The molecule has 0 radical (unpaired) electrons. The molecule has 2 aromatic rings. The highest BCUT2D eigenvalue weighted by Crippen LogP contribution is 2.35. The molecule has 1 heterocycles. The molecule has 0 aliphatic heterocycles. The Kier molecular flexibility index (Phi) is 4.10. The van der Waals surface area contributed by atoms with E-state index in [1.165, 1.54) is 0 Å². The predicted molar refractivity (Wildman–Crippen MR) is 76.1 cm³/mol. The van der Waals surface area contributed by atoms with Crippen LogP contribution in [-0.4, -0.2) is 4.98 Å². The van der Waals surface area contributed by atoms with E-state index in [1.54, 1.807) is 18.2 Å². The molecule has 0 bridgehead atoms. The average Bonchev–Trinajstić information content (AvgIpc) is 2.36. The van der Waals surface area contributed by atoms with E-state index in [4.69, 9.17) is 17.3 Å². The number of nitrogens with zero attached hydrogens (tertiary/aromatic N) is 1. The van der Waals surface area contributed by atoms with Crippen molar-refractivity contribution in [3.63, 3.8) is 0 Å². The van der Waals surface area contributed by atoms with E-state index in [-0.39, 0.29) is 11.4 Å². The lowest BCUT2D eigenvalue weighted by Gasteiger charge is -2.13. The molecule has 106 valence electrons. The van der Waals surface area contributed by atoms with E-state index >= 15 is 0 Å². The molecule has 0 saturated heterocycles. The lowest BCUT2D eigenvalue weighted by atomic mass is 10.2. The molecule has 0 aliphatic rings. The van der Waals surface area contributed by atoms with E-state index in [0.29, 0.717) is 15.2 Å². The Morgan fingerprint density at radius 2 is 1.95 bits per heavy atom. The number of nitrogen functional groups attached to an aromatic ring is 1. The van der Waals surface area contributed by atoms with Crippen molar-refractivity contribution in [1.29, 1.82) is 0 Å². The maximum atomic E-state index is 12.6. The van der Waals surface area contributed by atoms with Gasteiger partial charge in [-0.2, -0.15) is 13.2 Å². The minimum absolute atomic E-state index is 0.102. The molecule has 0 saturated carbocycles. The molecule has 0 unspecified atom stereocenters. The van der Waals surface area contributed by atoms with Crippen molar-refractivity contribution in [3.8, 4) is 0 Å². The average molecular weight is 367 g/mol. The van der Waals surface area contributed by atoms with Crippen LogP contribution in [0.4, 0.5) is 30.2 Å². The molecule has 0 atom stereocenters. The van der Waals surface area contributed by atoms with Crippen LogP contribution in [0.15, 0.2) is 34.9 Å². The van der Waals surface area contributed by atoms with E-state index in [2.05, 4.69) is 26.2 Å². The smallest absolute Gasteiger partial charge is 0.396 e. The van der Waals surface area contributed by atoms with Gasteiger partial charge in [0.05, 0.1) is 32.8 Å². The molecule has 8 heteroatoms. The molecule has 20 heavy (non-hydrogen) atoms. The van der Waals surface area contributed by atoms with Gasteiger partial charge in [0.1, 0.15) is 5.69 Å². The molecule has 1 aromatic carbocycles. The highest BCUT2D eigenvalue weighted by Gasteiger charge is 2.33. The van der Waals surface area contributed by atoms with Gasteiger partial charge in [0.2, 0.25) is 0 Å². The molecule has 0 aliphatic carbocycles. The summed E-state index contributed by atoms with van der Waals surface area (Å²) in [5.41, 5.74) is 5.32. The Morgan fingerprint density at radius 1 is 1.25 bits per heavy atom. The van der Waals surface area contributed by atoms with Crippen molar-refractivity contribution < 1.29 is 13.2 Å². The van der Waals surface area contributed by atoms with Crippen LogP contribution in [0.2, 0.25) is 5.02 Å². The summed E-state index contributed by atoms with van der Waals surface area (Å²) in [6.07, 6.45) is -3.57. The lowest BCUT2D eigenvalue weighted by molar-refractivity contribution is -0.141. The third kappa shape index (κ3) is 3.16. The number of rotatable bonds is 2. The summed E-state index contributed by atoms with van der Waals surface area (Å²) >= 11 is 9.16. The van der Waals surface area contributed by atoms with Crippen LogP contribution in [0.1, 0.15) is 5.69 Å². The van der Waals surface area contributed by atoms with Gasteiger partial charge in [-0.3, -0.25) is 0 Å². The standard InChI is InChI=1S/C12H8BrClF3N3/c13-11-6(14)2-1-3-8(11)20-9-4-10(12(15,16)17)19-5-7(9)18/h1-5H,18H2,(H,19,20). The predicted octanol–water partition coefficient (Wildman–Crippen LogP) is 4.84. The third-order valence-corrected chi connectivity index (χ3v) is 3.84. The van der Waals surface area contributed by atoms with Gasteiger partial charge >= 0.3 is 6.18 Å². The fourth-order valence-corrected chi connectivity index (χ4v) is 2.01. The third-order valence-electron chi connectivity index (χ3n) is 2.45. The Morgan fingerprint density at radius 3 is 2.60 bits per heavy atom. The van der Waals surface area contributed by atoms with Crippen LogP contribution in [0, 0.1) is 0 Å². The van der Waals surface area contributed by atoms with Gasteiger partial charge in [0.25, 0.3) is 0 Å². The van der Waals surface area contributed by atoms with Crippen LogP contribution >= 0.6 is 27.5 Å². The van der Waals surface area contributed by atoms with Crippen LogP contribution in [0.25, 0.3) is 0 Å². The second kappa shape index (κ2) is 5.49. The Bertz CT molecular complexity index is 646. The number of alkyl halides is 3. The van der Waals surface area contributed by atoms with Gasteiger partial charge in [0, 0.05) is 0 Å². The van der Waals surface area contributed by atoms with Crippen LogP contribution in [-0.2, 0) is 6.18 Å². The Labute approximate surface area is 126 Å². The highest BCUT2D eigenvalue weighted by molar-refractivity contribution is 9.10. The van der Waals surface area contributed by atoms with E-state index in [0.717, 1.165) is 12.3 Å². The zero-order chi connectivity index (χ0) is 14.9. The van der Waals surface area contributed by atoms with E-state index in [9.17, 15) is 13.2 Å². The zero-order valence-electron chi connectivity index (χ0n) is 9.80. The van der Waals surface area contributed by atoms with Crippen molar-refractivity contribution in [1.82, 2.24) is 4.98 Å². The monoisotopic (exact) mass is 365 g/mol. The zero-order valence-corrected chi connectivity index (χ0v) is 12.1. The summed E-state index contributed by atoms with van der Waals surface area (Å²) in [6, 6.07) is 5.82. The summed E-state index contributed by atoms with van der Waals surface area (Å²) in [5, 5.41) is 3.23. The van der Waals surface area contributed by atoms with Gasteiger partial charge in [-0.25, -0.2) is 4.98 Å². The van der Waals surface area contributed by atoms with Crippen molar-refractivity contribution in [2.24, 2.45) is 0 Å². The molecule has 0 fully saturated rings. The summed E-state index contributed by atoms with van der Waals surface area (Å²) in [4.78, 5) is 3.26. The molecular weight excluding hydrogens is 359 g/mol. The molecule has 3 N–H and O–H groups in total. The van der Waals surface area contributed by atoms with E-state index < -0.39 is 11.9 Å². The summed E-state index contributed by atoms with van der Waals surface area (Å²) < 4.78 is 38.4. The van der Waals surface area contributed by atoms with Crippen molar-refractivity contribution in [2.75, 3.05) is 11.1 Å². The minimum Gasteiger partial charge on any atom is -0.396 e. The van der Waals surface area contributed by atoms with Crippen LogP contribution < -0.4 is 11.1 Å². The van der Waals surface area contributed by atoms with Gasteiger partial charge in [-0.05, 0) is 34.1 Å². The van der Waals surface area contributed by atoms with Crippen LogP contribution in [0.3, 0.4) is 0 Å². The van der Waals surface area contributed by atoms with Gasteiger partial charge in [0.15, 0.2) is 0 Å². The number of hydrogen-bond donors (Lipinski definition) is 2. The second-order valence-corrected chi connectivity index (χ2v) is 5.08. The first-order chi connectivity index (χ1) is 9.29. The molecule has 0 amide bonds. The van der Waals surface area contributed by atoms with Crippen molar-refractivity contribution >= 4 is 44.6 Å². The fourth-order valence-electron chi connectivity index (χ4n) is 1.47. The number of aromatic nitrogens is 1. The van der Waals surface area contributed by atoms with Crippen molar-refractivity contribution in [2.45, 2.75) is 6.18 Å². The number of benzene rings is 1. The number of hydrogen-bond acceptors (Lipinski definition) is 3. The normalized spacial score (nSPS) is 11.4. The Hall–Kier alpha value is -1.47. The highest BCUT2D eigenvalue weighted by atomic mass is 79.9. The summed E-state index contributed by atoms with van der Waals surface area (Å²) in [5.74, 6) is 0. The Balaban J connectivity index is 2.41. The fraction of sp³-hybridized carbons (Fsp3) is 0.0833. The number of halogens is 5. The number of pyridine rings is 1. The largest absolute Gasteiger partial charge is 0.433 e.